The fraction of sp³-hybridized carbons (Fsp3) is 0.263. The molecule has 0 saturated carbocycles. The molecule has 13 heteroatoms. The second kappa shape index (κ2) is 9.40. The lowest BCUT2D eigenvalue weighted by Gasteiger charge is -2.32. The Balaban J connectivity index is 1.65. The molecule has 1 fully saturated rings. The molecule has 166 valence electrons. The van der Waals surface area contributed by atoms with E-state index in [0.717, 1.165) is 0 Å². The van der Waals surface area contributed by atoms with E-state index in [1.165, 1.54) is 51.8 Å². The van der Waals surface area contributed by atoms with E-state index >= 15 is 0 Å². The highest BCUT2D eigenvalue weighted by molar-refractivity contribution is 7.89. The molecule has 0 amide bonds. The Morgan fingerprint density at radius 2 is 2.00 bits per heavy atom. The number of nitrogens with one attached hydrogen (secondary N) is 1. The van der Waals surface area contributed by atoms with Crippen molar-refractivity contribution in [2.45, 2.75) is 17.5 Å². The van der Waals surface area contributed by atoms with E-state index in [1.807, 2.05) is 6.07 Å². The first-order valence-electron chi connectivity index (χ1n) is 9.47. The average molecular weight is 494 g/mol. The first-order chi connectivity index (χ1) is 15.3. The topological polar surface area (TPSA) is 126 Å². The predicted octanol–water partition coefficient (Wildman–Crippen LogP) is 2.31. The number of nitriles is 1. The van der Waals surface area contributed by atoms with Gasteiger partial charge in [-0.2, -0.15) is 14.4 Å². The van der Waals surface area contributed by atoms with Crippen LogP contribution < -0.4 is 10.1 Å². The number of ether oxygens (including phenoxy) is 1. The largest absolute Gasteiger partial charge is 0.456 e. The Kier molecular flexibility index (Phi) is 6.59. The zero-order valence-electron chi connectivity index (χ0n) is 16.5. The second-order valence-electron chi connectivity index (χ2n) is 6.99. The Bertz CT molecular complexity index is 1240. The van der Waals surface area contributed by atoms with Crippen molar-refractivity contribution >= 4 is 33.2 Å². The molecule has 0 aliphatic carbocycles. The van der Waals surface area contributed by atoms with Gasteiger partial charge in [-0.1, -0.05) is 23.2 Å². The van der Waals surface area contributed by atoms with Gasteiger partial charge < -0.3 is 10.1 Å². The van der Waals surface area contributed by atoms with E-state index in [1.54, 1.807) is 0 Å². The molecule has 0 bridgehead atoms. The molecule has 1 saturated heterocycles. The molecule has 0 radical (unpaired) electrons. The van der Waals surface area contributed by atoms with Crippen LogP contribution in [0, 0.1) is 11.3 Å². The molecule has 0 spiro atoms. The van der Waals surface area contributed by atoms with Crippen molar-refractivity contribution in [2.24, 2.45) is 0 Å². The van der Waals surface area contributed by atoms with Crippen LogP contribution in [0.2, 0.25) is 10.0 Å². The fourth-order valence-electron chi connectivity index (χ4n) is 3.32. The maximum Gasteiger partial charge on any atom is 0.246 e. The summed E-state index contributed by atoms with van der Waals surface area (Å²) in [7, 11) is -3.99. The second-order valence-corrected chi connectivity index (χ2v) is 9.76. The number of benzene rings is 2. The SMILES string of the molecule is N#Cc1ccc(Oc2cc(Cl)cc(Cl)c2)c(S(=O)(=O)N2CCNC(Cn3ncnn3)C2)c1. The Morgan fingerprint density at radius 3 is 2.69 bits per heavy atom. The van der Waals surface area contributed by atoms with E-state index in [-0.39, 0.29) is 41.1 Å². The number of tetrazole rings is 1. The molecule has 1 aliphatic heterocycles. The number of halogens is 2. The summed E-state index contributed by atoms with van der Waals surface area (Å²) in [6, 6.07) is 10.6. The maximum absolute atomic E-state index is 13.6. The van der Waals surface area contributed by atoms with Gasteiger partial charge in [-0.25, -0.2) is 8.42 Å². The molecule has 1 N–H and O–H groups in total. The van der Waals surface area contributed by atoms with E-state index < -0.39 is 10.0 Å². The highest BCUT2D eigenvalue weighted by Gasteiger charge is 2.33. The van der Waals surface area contributed by atoms with Crippen molar-refractivity contribution in [3.8, 4) is 17.6 Å². The number of nitrogens with zero attached hydrogens (tertiary/aromatic N) is 6. The summed E-state index contributed by atoms with van der Waals surface area (Å²) in [5.74, 6) is 0.342. The van der Waals surface area contributed by atoms with Crippen molar-refractivity contribution in [3.05, 3.63) is 58.3 Å². The Hall–Kier alpha value is -2.75. The van der Waals surface area contributed by atoms with Crippen molar-refractivity contribution in [3.63, 3.8) is 0 Å². The van der Waals surface area contributed by atoms with Crippen molar-refractivity contribution in [1.29, 1.82) is 5.26 Å². The summed E-state index contributed by atoms with van der Waals surface area (Å²) >= 11 is 12.1. The van der Waals surface area contributed by atoms with Gasteiger partial charge in [-0.3, -0.25) is 0 Å². The van der Waals surface area contributed by atoms with E-state index in [2.05, 4.69) is 20.7 Å². The summed E-state index contributed by atoms with van der Waals surface area (Å²) in [6.45, 7) is 1.23. The molecule has 32 heavy (non-hydrogen) atoms. The number of rotatable bonds is 6. The van der Waals surface area contributed by atoms with Gasteiger partial charge in [0.25, 0.3) is 0 Å². The maximum atomic E-state index is 13.6. The highest BCUT2D eigenvalue weighted by atomic mass is 35.5. The third-order valence-electron chi connectivity index (χ3n) is 4.75. The molecule has 2 aromatic carbocycles. The quantitative estimate of drug-likeness (QED) is 0.554. The van der Waals surface area contributed by atoms with Crippen LogP contribution in [0.15, 0.2) is 47.6 Å². The molecule has 2 heterocycles. The Morgan fingerprint density at radius 1 is 1.22 bits per heavy atom. The zero-order chi connectivity index (χ0) is 22.7. The van der Waals surface area contributed by atoms with Crippen LogP contribution in [-0.4, -0.2) is 58.6 Å². The molecule has 10 nitrogen and oxygen atoms in total. The van der Waals surface area contributed by atoms with Crippen molar-refractivity contribution in [1.82, 2.24) is 29.8 Å². The zero-order valence-corrected chi connectivity index (χ0v) is 18.8. The van der Waals surface area contributed by atoms with Crippen LogP contribution in [0.1, 0.15) is 5.56 Å². The Labute approximate surface area is 194 Å². The van der Waals surface area contributed by atoms with Gasteiger partial charge in [0.05, 0.1) is 18.2 Å². The summed E-state index contributed by atoms with van der Waals surface area (Å²) in [5, 5.41) is 24.7. The molecular formula is C19H17Cl2N7O3S. The van der Waals surface area contributed by atoms with E-state index in [9.17, 15) is 13.7 Å². The molecule has 1 atom stereocenters. The van der Waals surface area contributed by atoms with E-state index in [4.69, 9.17) is 27.9 Å². The molecule has 1 aliphatic rings. The predicted molar refractivity (Wildman–Crippen MR) is 116 cm³/mol. The number of aromatic nitrogens is 4. The summed E-state index contributed by atoms with van der Waals surface area (Å²) in [5.41, 5.74) is 0.193. The van der Waals surface area contributed by atoms with Crippen LogP contribution in [0.4, 0.5) is 0 Å². The minimum Gasteiger partial charge on any atom is -0.456 e. The molecule has 1 unspecified atom stereocenters. The first kappa shape index (κ1) is 22.4. The number of hydrogen-bond donors (Lipinski definition) is 1. The first-order valence-corrected chi connectivity index (χ1v) is 11.7. The lowest BCUT2D eigenvalue weighted by atomic mass is 10.2. The van der Waals surface area contributed by atoms with Gasteiger partial charge in [0.2, 0.25) is 10.0 Å². The van der Waals surface area contributed by atoms with E-state index in [0.29, 0.717) is 23.1 Å². The van der Waals surface area contributed by atoms with Gasteiger partial charge in [-0.15, -0.1) is 10.2 Å². The average Bonchev–Trinajstić information content (AvgIpc) is 3.26. The number of hydrogen-bond acceptors (Lipinski definition) is 8. The number of sulfonamides is 1. The third kappa shape index (κ3) is 5.01. The highest BCUT2D eigenvalue weighted by Crippen LogP contribution is 2.34. The number of piperazine rings is 1. The smallest absolute Gasteiger partial charge is 0.246 e. The molecule has 1 aromatic heterocycles. The monoisotopic (exact) mass is 493 g/mol. The summed E-state index contributed by atoms with van der Waals surface area (Å²) < 4.78 is 34.3. The van der Waals surface area contributed by atoms with Gasteiger partial charge in [-0.05, 0) is 41.6 Å². The fourth-order valence-corrected chi connectivity index (χ4v) is 5.45. The van der Waals surface area contributed by atoms with Crippen LogP contribution >= 0.6 is 23.2 Å². The molecule has 3 aromatic rings. The molecule has 4 rings (SSSR count). The lowest BCUT2D eigenvalue weighted by Crippen LogP contribution is -2.54. The minimum atomic E-state index is -3.99. The summed E-state index contributed by atoms with van der Waals surface area (Å²) in [6.07, 6.45) is 1.32. The van der Waals surface area contributed by atoms with Crippen molar-refractivity contribution < 1.29 is 13.2 Å². The summed E-state index contributed by atoms with van der Waals surface area (Å²) in [4.78, 5) is 1.27. The standard InChI is InChI=1S/C19H17Cl2N7O3S/c20-14-6-15(21)8-17(7-14)31-18-2-1-13(9-22)5-19(18)32(29,30)27-4-3-23-16(10-27)11-28-25-12-24-26-28/h1-2,5-8,12,16,23H,3-4,10-11H2. The molecular weight excluding hydrogens is 477 g/mol. The minimum absolute atomic E-state index is 0.0651. The van der Waals surface area contributed by atoms with Gasteiger partial charge in [0.15, 0.2) is 6.33 Å². The van der Waals surface area contributed by atoms with Crippen LogP contribution in [0.3, 0.4) is 0 Å². The van der Waals surface area contributed by atoms with Gasteiger partial charge in [0, 0.05) is 35.7 Å². The van der Waals surface area contributed by atoms with Crippen molar-refractivity contribution in [2.75, 3.05) is 19.6 Å². The normalized spacial score (nSPS) is 17.1. The third-order valence-corrected chi connectivity index (χ3v) is 7.07. The van der Waals surface area contributed by atoms with Crippen LogP contribution in [0.25, 0.3) is 0 Å². The van der Waals surface area contributed by atoms with Gasteiger partial charge >= 0.3 is 0 Å². The van der Waals surface area contributed by atoms with Crippen LogP contribution in [-0.2, 0) is 16.6 Å². The van der Waals surface area contributed by atoms with Crippen LogP contribution in [0.5, 0.6) is 11.5 Å². The van der Waals surface area contributed by atoms with Gasteiger partial charge in [0.1, 0.15) is 16.4 Å². The lowest BCUT2D eigenvalue weighted by molar-refractivity contribution is 0.264.